The third kappa shape index (κ3) is 18.9. The maximum Gasteiger partial charge on any atom is 0.523 e. The number of Topliss-reactive ketones (excluding diaryl/α,β-unsaturated/α-hetero) is 1. The van der Waals surface area contributed by atoms with Crippen LogP contribution in [0.15, 0.2) is 0 Å². The zero-order chi connectivity index (χ0) is 24.1. The molecule has 0 N–H and O–H groups in total. The molecular formula is C24H45F3O4S. The van der Waals surface area contributed by atoms with Gasteiger partial charge in [-0.3, -0.25) is 8.98 Å². The number of hydrogen-bond acceptors (Lipinski definition) is 4. The average molecular weight is 487 g/mol. The van der Waals surface area contributed by atoms with Crippen LogP contribution in [-0.4, -0.2) is 26.3 Å². The molecule has 0 aliphatic carbocycles. The zero-order valence-electron chi connectivity index (χ0n) is 20.0. The summed E-state index contributed by atoms with van der Waals surface area (Å²) in [5, 5.41) is 0. The molecule has 0 bridgehead atoms. The fourth-order valence-electron chi connectivity index (χ4n) is 3.65. The van der Waals surface area contributed by atoms with E-state index in [4.69, 9.17) is 0 Å². The van der Waals surface area contributed by atoms with Gasteiger partial charge in [0, 0.05) is 12.8 Å². The lowest BCUT2D eigenvalue weighted by Gasteiger charge is -2.08. The summed E-state index contributed by atoms with van der Waals surface area (Å²) in [6, 6.07) is 0. The Morgan fingerprint density at radius 3 is 1.34 bits per heavy atom. The van der Waals surface area contributed by atoms with Crippen LogP contribution in [0.4, 0.5) is 13.2 Å². The average Bonchev–Trinajstić information content (AvgIpc) is 2.72. The Morgan fingerprint density at radius 1 is 0.625 bits per heavy atom. The van der Waals surface area contributed by atoms with Crippen molar-refractivity contribution >= 4 is 15.9 Å². The van der Waals surface area contributed by atoms with Gasteiger partial charge < -0.3 is 0 Å². The van der Waals surface area contributed by atoms with E-state index in [1.807, 2.05) is 0 Å². The molecule has 32 heavy (non-hydrogen) atoms. The van der Waals surface area contributed by atoms with E-state index in [9.17, 15) is 26.4 Å². The Kier molecular flexibility index (Phi) is 19.4. The van der Waals surface area contributed by atoms with E-state index in [0.29, 0.717) is 25.0 Å². The second kappa shape index (κ2) is 19.8. The molecule has 0 heterocycles. The number of ketones is 1. The first-order valence-electron chi connectivity index (χ1n) is 12.7. The molecule has 0 radical (unpaired) electrons. The topological polar surface area (TPSA) is 60.4 Å². The van der Waals surface area contributed by atoms with E-state index in [-0.39, 0.29) is 0 Å². The highest BCUT2D eigenvalue weighted by Gasteiger charge is 2.47. The third-order valence-electron chi connectivity index (χ3n) is 5.68. The molecule has 0 aromatic carbocycles. The lowest BCUT2D eigenvalue weighted by atomic mass is 10.0. The molecule has 0 spiro atoms. The van der Waals surface area contributed by atoms with Crippen LogP contribution >= 0.6 is 0 Å². The van der Waals surface area contributed by atoms with Crippen molar-refractivity contribution in [1.82, 2.24) is 0 Å². The van der Waals surface area contributed by atoms with Gasteiger partial charge in [0.15, 0.2) is 0 Å². The first-order chi connectivity index (χ1) is 15.2. The highest BCUT2D eigenvalue weighted by molar-refractivity contribution is 7.87. The van der Waals surface area contributed by atoms with E-state index in [2.05, 4.69) is 11.1 Å². The molecule has 0 aliphatic heterocycles. The molecule has 4 nitrogen and oxygen atoms in total. The van der Waals surface area contributed by atoms with Gasteiger partial charge in [-0.1, -0.05) is 103 Å². The largest absolute Gasteiger partial charge is 0.523 e. The summed E-state index contributed by atoms with van der Waals surface area (Å²) in [4.78, 5) is 11.9. The van der Waals surface area contributed by atoms with Gasteiger partial charge in [0.25, 0.3) is 0 Å². The SMILES string of the molecule is CCCCCCCCCCCC(=O)CCCCCCCCCCCOS(=O)(=O)C(F)(F)F. The summed E-state index contributed by atoms with van der Waals surface area (Å²) >= 11 is 0. The van der Waals surface area contributed by atoms with E-state index in [1.54, 1.807) is 0 Å². The summed E-state index contributed by atoms with van der Waals surface area (Å²) in [6.07, 6.45) is 20.9. The van der Waals surface area contributed by atoms with Gasteiger partial charge in [-0.05, 0) is 19.3 Å². The van der Waals surface area contributed by atoms with E-state index < -0.39 is 22.2 Å². The second-order valence-electron chi connectivity index (χ2n) is 8.77. The molecule has 8 heteroatoms. The van der Waals surface area contributed by atoms with Crippen LogP contribution in [0.3, 0.4) is 0 Å². The molecule has 0 saturated carbocycles. The predicted molar refractivity (Wildman–Crippen MR) is 124 cm³/mol. The lowest BCUT2D eigenvalue weighted by Crippen LogP contribution is -2.25. The van der Waals surface area contributed by atoms with Crippen molar-refractivity contribution in [3.63, 3.8) is 0 Å². The molecule has 192 valence electrons. The van der Waals surface area contributed by atoms with Gasteiger partial charge in [0.2, 0.25) is 0 Å². The van der Waals surface area contributed by atoms with Crippen molar-refractivity contribution in [2.75, 3.05) is 6.61 Å². The molecule has 0 atom stereocenters. The van der Waals surface area contributed by atoms with E-state index >= 15 is 0 Å². The summed E-state index contributed by atoms with van der Waals surface area (Å²) in [5.41, 5.74) is -5.34. The number of carbonyl (C=O) groups excluding carboxylic acids is 1. The molecule has 0 aromatic heterocycles. The van der Waals surface area contributed by atoms with Crippen molar-refractivity contribution in [2.45, 2.75) is 141 Å². The minimum atomic E-state index is -5.45. The Labute approximate surface area is 194 Å². The van der Waals surface area contributed by atoms with Crippen LogP contribution in [0.1, 0.15) is 135 Å². The molecule has 0 amide bonds. The summed E-state index contributed by atoms with van der Waals surface area (Å²) in [6.45, 7) is 1.81. The monoisotopic (exact) mass is 486 g/mol. The van der Waals surface area contributed by atoms with Gasteiger partial charge in [0.1, 0.15) is 5.78 Å². The number of unbranched alkanes of at least 4 members (excludes halogenated alkanes) is 16. The van der Waals surface area contributed by atoms with Crippen molar-refractivity contribution in [2.24, 2.45) is 0 Å². The molecule has 0 fully saturated rings. The molecular weight excluding hydrogens is 441 g/mol. The quantitative estimate of drug-likeness (QED) is 0.0829. The third-order valence-corrected chi connectivity index (χ3v) is 6.72. The first-order valence-corrected chi connectivity index (χ1v) is 14.1. The Bertz CT molecular complexity index is 548. The van der Waals surface area contributed by atoms with Gasteiger partial charge in [-0.25, -0.2) is 0 Å². The smallest absolute Gasteiger partial charge is 0.300 e. The maximum atomic E-state index is 12.1. The van der Waals surface area contributed by atoms with Crippen molar-refractivity contribution in [3.05, 3.63) is 0 Å². The van der Waals surface area contributed by atoms with Crippen molar-refractivity contribution < 1.29 is 30.6 Å². The highest BCUT2D eigenvalue weighted by atomic mass is 32.2. The van der Waals surface area contributed by atoms with Crippen molar-refractivity contribution in [1.29, 1.82) is 0 Å². The van der Waals surface area contributed by atoms with Gasteiger partial charge in [-0.15, -0.1) is 0 Å². The standard InChI is InChI=1S/C24H45F3O4S/c1-2-3-4-5-6-8-11-14-17-20-23(28)21-18-15-12-9-7-10-13-16-19-22-31-32(29,30)24(25,26)27/h2-22H2,1H3. The maximum absolute atomic E-state index is 12.1. The van der Waals surface area contributed by atoms with Crippen LogP contribution in [-0.2, 0) is 19.1 Å². The first kappa shape index (κ1) is 31.4. The summed E-state index contributed by atoms with van der Waals surface area (Å²) in [5.74, 6) is 0.391. The summed E-state index contributed by atoms with van der Waals surface area (Å²) < 4.78 is 61.6. The Balaban J connectivity index is 3.32. The van der Waals surface area contributed by atoms with E-state index in [1.165, 1.54) is 51.4 Å². The van der Waals surface area contributed by atoms with Gasteiger partial charge >= 0.3 is 15.6 Å². The molecule has 0 aromatic rings. The Morgan fingerprint density at radius 2 is 0.969 bits per heavy atom. The minimum Gasteiger partial charge on any atom is -0.300 e. The van der Waals surface area contributed by atoms with Crippen LogP contribution in [0.25, 0.3) is 0 Å². The van der Waals surface area contributed by atoms with Crippen LogP contribution in [0.5, 0.6) is 0 Å². The number of carbonyl (C=O) groups is 1. The molecule has 0 unspecified atom stereocenters. The number of hydrogen-bond donors (Lipinski definition) is 0. The molecule has 0 aliphatic rings. The van der Waals surface area contributed by atoms with Crippen molar-refractivity contribution in [3.8, 4) is 0 Å². The number of rotatable bonds is 23. The number of alkyl halides is 3. The Hall–Kier alpha value is -0.630. The molecule has 0 saturated heterocycles. The van der Waals surface area contributed by atoms with Gasteiger partial charge in [0.05, 0.1) is 6.61 Å². The van der Waals surface area contributed by atoms with Gasteiger partial charge in [-0.2, -0.15) is 21.6 Å². The van der Waals surface area contributed by atoms with Crippen LogP contribution in [0, 0.1) is 0 Å². The predicted octanol–water partition coefficient (Wildman–Crippen LogP) is 8.24. The second-order valence-corrected chi connectivity index (χ2v) is 10.4. The lowest BCUT2D eigenvalue weighted by molar-refractivity contribution is -0.119. The fraction of sp³-hybridized carbons (Fsp3) is 0.958. The molecule has 0 rings (SSSR count). The zero-order valence-corrected chi connectivity index (χ0v) is 20.8. The van der Waals surface area contributed by atoms with Crippen LogP contribution < -0.4 is 0 Å². The van der Waals surface area contributed by atoms with E-state index in [0.717, 1.165) is 57.8 Å². The summed E-state index contributed by atoms with van der Waals surface area (Å²) in [7, 11) is -5.45. The number of halogens is 3. The van der Waals surface area contributed by atoms with Crippen LogP contribution in [0.2, 0.25) is 0 Å². The normalized spacial score (nSPS) is 12.4. The highest BCUT2D eigenvalue weighted by Crippen LogP contribution is 2.24. The minimum absolute atomic E-state index is 0.302. The fourth-order valence-corrected chi connectivity index (χ4v) is 4.13.